The van der Waals surface area contributed by atoms with E-state index in [4.69, 9.17) is 0 Å². The summed E-state index contributed by atoms with van der Waals surface area (Å²) < 4.78 is 0. The molecule has 1 aliphatic rings. The summed E-state index contributed by atoms with van der Waals surface area (Å²) in [6.45, 7) is 15.8. The summed E-state index contributed by atoms with van der Waals surface area (Å²) >= 11 is 0. The molecule has 0 heterocycles. The third-order valence-electron chi connectivity index (χ3n) is 4.05. The molecule has 0 aromatic heterocycles. The second-order valence-corrected chi connectivity index (χ2v) is 5.14. The Bertz CT molecular complexity index is 247. The highest BCUT2D eigenvalue weighted by molar-refractivity contribution is 5.92. The van der Waals surface area contributed by atoms with Crippen molar-refractivity contribution < 1.29 is 4.99 Å². The maximum absolute atomic E-state index is 3.88. The molecule has 0 aromatic rings. The number of nitrogens with one attached hydrogen (secondary N) is 1. The Morgan fingerprint density at radius 1 is 0.889 bits per heavy atom. The molecule has 0 radical (unpaired) electrons. The third kappa shape index (κ3) is 3.33. The van der Waals surface area contributed by atoms with Crippen molar-refractivity contribution in [2.24, 2.45) is 0 Å². The van der Waals surface area contributed by atoms with Gasteiger partial charge < -0.3 is 0 Å². The number of nitrogens with zero attached hydrogens (tertiary/aromatic N) is 2. The zero-order valence-electron chi connectivity index (χ0n) is 13.1. The molecule has 1 fully saturated rings. The molecule has 0 spiro atoms. The van der Waals surface area contributed by atoms with Crippen LogP contribution in [0.1, 0.15) is 60.3 Å². The molecule has 1 saturated carbocycles. The minimum absolute atomic E-state index is 0.0492. The molecule has 0 amide bonds. The Morgan fingerprint density at radius 3 is 1.61 bits per heavy atom. The van der Waals surface area contributed by atoms with Crippen LogP contribution in [0.15, 0.2) is 0 Å². The topological polar surface area (TPSA) is 20.5 Å². The van der Waals surface area contributed by atoms with Crippen LogP contribution in [-0.2, 0) is 0 Å². The molecule has 3 heteroatoms. The Hall–Kier alpha value is -0.410. The minimum Gasteiger partial charge on any atom is -0.230 e. The van der Waals surface area contributed by atoms with E-state index >= 15 is 0 Å². The molecule has 106 valence electrons. The van der Waals surface area contributed by atoms with Crippen LogP contribution in [0.3, 0.4) is 0 Å². The van der Waals surface area contributed by atoms with E-state index in [-0.39, 0.29) is 5.79 Å². The molecular weight excluding hydrogens is 222 g/mol. The molecule has 0 atom stereocenters. The van der Waals surface area contributed by atoms with Gasteiger partial charge in [-0.25, -0.2) is 14.8 Å². The van der Waals surface area contributed by atoms with Crippen molar-refractivity contribution in [2.75, 3.05) is 26.2 Å². The van der Waals surface area contributed by atoms with Gasteiger partial charge in [-0.2, -0.15) is 0 Å². The van der Waals surface area contributed by atoms with E-state index in [1.54, 1.807) is 5.71 Å². The maximum Gasteiger partial charge on any atom is 0.278 e. The first-order valence-electron chi connectivity index (χ1n) is 7.81. The van der Waals surface area contributed by atoms with E-state index in [2.05, 4.69) is 49.4 Å². The molecule has 0 bridgehead atoms. The van der Waals surface area contributed by atoms with Crippen molar-refractivity contribution in [2.45, 2.75) is 66.1 Å². The van der Waals surface area contributed by atoms with E-state index in [0.29, 0.717) is 0 Å². The van der Waals surface area contributed by atoms with Gasteiger partial charge in [-0.3, -0.25) is 0 Å². The van der Waals surface area contributed by atoms with Gasteiger partial charge in [0.05, 0.1) is 0 Å². The van der Waals surface area contributed by atoms with Gasteiger partial charge in [-0.05, 0) is 6.42 Å². The number of rotatable bonds is 9. The average molecular weight is 254 g/mol. The van der Waals surface area contributed by atoms with Crippen LogP contribution in [0.25, 0.3) is 0 Å². The zero-order valence-corrected chi connectivity index (χ0v) is 13.1. The summed E-state index contributed by atoms with van der Waals surface area (Å²) in [7, 11) is 0. The molecule has 0 unspecified atom stereocenters. The van der Waals surface area contributed by atoms with Crippen LogP contribution in [0, 0.1) is 0 Å². The maximum atomic E-state index is 3.88. The van der Waals surface area contributed by atoms with Crippen molar-refractivity contribution in [3.63, 3.8) is 0 Å². The first-order valence-corrected chi connectivity index (χ1v) is 7.81. The SMILES string of the molecule is CCCC([NH+]=C1CC1)(N(CC)CC)N(CC)CC. The molecule has 0 aromatic carbocycles. The van der Waals surface area contributed by atoms with E-state index in [9.17, 15) is 0 Å². The highest BCUT2D eigenvalue weighted by Crippen LogP contribution is 2.20. The summed E-state index contributed by atoms with van der Waals surface area (Å²) in [6.07, 6.45) is 4.95. The van der Waals surface area contributed by atoms with Crippen molar-refractivity contribution in [1.82, 2.24) is 9.80 Å². The van der Waals surface area contributed by atoms with E-state index in [1.165, 1.54) is 25.7 Å². The predicted molar refractivity (Wildman–Crippen MR) is 78.7 cm³/mol. The van der Waals surface area contributed by atoms with Crippen LogP contribution in [0.2, 0.25) is 0 Å². The molecule has 0 aliphatic heterocycles. The van der Waals surface area contributed by atoms with Gasteiger partial charge in [0.2, 0.25) is 0 Å². The van der Waals surface area contributed by atoms with Crippen LogP contribution < -0.4 is 4.99 Å². The Kier molecular flexibility index (Phi) is 6.30. The quantitative estimate of drug-likeness (QED) is 0.628. The Morgan fingerprint density at radius 2 is 1.33 bits per heavy atom. The summed E-state index contributed by atoms with van der Waals surface area (Å²) in [4.78, 5) is 9.06. The van der Waals surface area contributed by atoms with Gasteiger partial charge in [0.1, 0.15) is 0 Å². The molecule has 18 heavy (non-hydrogen) atoms. The largest absolute Gasteiger partial charge is 0.278 e. The van der Waals surface area contributed by atoms with E-state index in [1.807, 2.05) is 0 Å². The fourth-order valence-corrected chi connectivity index (χ4v) is 3.05. The second kappa shape index (κ2) is 7.25. The highest BCUT2D eigenvalue weighted by atomic mass is 15.5. The lowest BCUT2D eigenvalue weighted by Crippen LogP contribution is -2.96. The lowest BCUT2D eigenvalue weighted by Gasteiger charge is -2.42. The lowest BCUT2D eigenvalue weighted by molar-refractivity contribution is -0.625. The molecular formula is C15H32N3+. The van der Waals surface area contributed by atoms with E-state index in [0.717, 1.165) is 26.2 Å². The van der Waals surface area contributed by atoms with Gasteiger partial charge in [0.15, 0.2) is 5.71 Å². The van der Waals surface area contributed by atoms with Crippen molar-refractivity contribution in [3.05, 3.63) is 0 Å². The van der Waals surface area contributed by atoms with Gasteiger partial charge >= 0.3 is 0 Å². The molecule has 3 nitrogen and oxygen atoms in total. The zero-order chi connectivity index (χ0) is 13.6. The van der Waals surface area contributed by atoms with Crippen LogP contribution in [-0.4, -0.2) is 47.5 Å². The summed E-state index contributed by atoms with van der Waals surface area (Å²) in [5.41, 5.74) is 1.54. The van der Waals surface area contributed by atoms with Crippen molar-refractivity contribution in [3.8, 4) is 0 Å². The highest BCUT2D eigenvalue weighted by Gasteiger charge is 2.46. The molecule has 1 N–H and O–H groups in total. The Labute approximate surface area is 113 Å². The van der Waals surface area contributed by atoms with Gasteiger partial charge in [-0.15, -0.1) is 0 Å². The van der Waals surface area contributed by atoms with E-state index < -0.39 is 0 Å². The monoisotopic (exact) mass is 254 g/mol. The fraction of sp³-hybridized carbons (Fsp3) is 0.933. The van der Waals surface area contributed by atoms with Crippen LogP contribution >= 0.6 is 0 Å². The second-order valence-electron chi connectivity index (χ2n) is 5.14. The van der Waals surface area contributed by atoms with Crippen molar-refractivity contribution >= 4 is 5.71 Å². The van der Waals surface area contributed by atoms with Gasteiger partial charge in [0, 0.05) is 45.4 Å². The Balaban J connectivity index is 3.10. The van der Waals surface area contributed by atoms with Crippen molar-refractivity contribution in [1.29, 1.82) is 0 Å². The summed E-state index contributed by atoms with van der Waals surface area (Å²) in [5, 5.41) is 0. The predicted octanol–water partition coefficient (Wildman–Crippen LogP) is 1.44. The molecule has 1 rings (SSSR count). The van der Waals surface area contributed by atoms with Gasteiger partial charge in [-0.1, -0.05) is 34.6 Å². The summed E-state index contributed by atoms with van der Waals surface area (Å²) in [5.74, 6) is 0.0492. The standard InChI is InChI=1S/C15H31N3/c1-6-13-15(16-14-11-12-14,17(7-2)8-3)18(9-4)10-5/h6-13H2,1-5H3/p+1. The fourth-order valence-electron chi connectivity index (χ4n) is 3.05. The number of hydrogen-bond acceptors (Lipinski definition) is 2. The number of hydrogen-bond donors (Lipinski definition) is 1. The average Bonchev–Trinajstić information content (AvgIpc) is 3.16. The third-order valence-corrected chi connectivity index (χ3v) is 4.05. The first kappa shape index (κ1) is 15.6. The normalized spacial score (nSPS) is 15.6. The molecule has 1 aliphatic carbocycles. The first-order chi connectivity index (χ1) is 8.68. The minimum atomic E-state index is 0.0492. The van der Waals surface area contributed by atoms with Crippen LogP contribution in [0.4, 0.5) is 0 Å². The smallest absolute Gasteiger partial charge is 0.230 e. The lowest BCUT2D eigenvalue weighted by atomic mass is 10.1. The van der Waals surface area contributed by atoms with Gasteiger partial charge in [0.25, 0.3) is 5.79 Å². The van der Waals surface area contributed by atoms with Crippen LogP contribution in [0.5, 0.6) is 0 Å². The summed E-state index contributed by atoms with van der Waals surface area (Å²) in [6, 6.07) is 0. The molecule has 0 saturated heterocycles.